The second-order valence-corrected chi connectivity index (χ2v) is 11.3. The van der Waals surface area contributed by atoms with Gasteiger partial charge in [0.2, 0.25) is 5.89 Å². The molecule has 2 N–H and O–H groups in total. The summed E-state index contributed by atoms with van der Waals surface area (Å²) in [5, 5.41) is 14.4. The quantitative estimate of drug-likeness (QED) is 0.436. The number of phenols is 1. The predicted octanol–water partition coefficient (Wildman–Crippen LogP) is 6.33. The highest BCUT2D eigenvalue weighted by molar-refractivity contribution is 5.86. The fourth-order valence-electron chi connectivity index (χ4n) is 4.27. The molecule has 0 aliphatic carbocycles. The molecule has 6 nitrogen and oxygen atoms in total. The van der Waals surface area contributed by atoms with Crippen LogP contribution < -0.4 is 10.1 Å². The summed E-state index contributed by atoms with van der Waals surface area (Å²) >= 11 is 0. The van der Waals surface area contributed by atoms with Gasteiger partial charge in [-0.1, -0.05) is 59.7 Å². The van der Waals surface area contributed by atoms with Crippen molar-refractivity contribution in [2.45, 2.75) is 71.8 Å². The van der Waals surface area contributed by atoms with Crippen LogP contribution in [0.1, 0.15) is 77.0 Å². The minimum Gasteiger partial charge on any atom is -0.507 e. The lowest BCUT2D eigenvalue weighted by atomic mass is 9.78. The van der Waals surface area contributed by atoms with Crippen LogP contribution in [-0.4, -0.2) is 29.0 Å². The topological polar surface area (TPSA) is 79.9 Å². The number of hydrogen-bond acceptors (Lipinski definition) is 6. The molecule has 1 atom stereocenters. The van der Waals surface area contributed by atoms with Crippen LogP contribution in [0.15, 0.2) is 52.1 Å². The number of hydrogen-bond donors (Lipinski definition) is 2. The standard InChI is InChI=1S/C29H37N3O3/c1-18(35-24-11-9-8-10-19(24)16-25-30-12-13-31-25)23-17-34-27(32-23)20-14-21(28(2,3)4)26(33)22(15-20)29(5,6)7/h8-11,14-15,17-18,33H,12-13,16H2,1-7H3,(H,30,31). The minimum absolute atomic E-state index is 0.228. The maximum Gasteiger partial charge on any atom is 0.226 e. The van der Waals surface area contributed by atoms with Crippen molar-refractivity contribution in [1.82, 2.24) is 10.3 Å². The number of aromatic nitrogens is 1. The number of phenolic OH excluding ortho intramolecular Hbond substituents is 1. The molecule has 2 aromatic carbocycles. The number of aromatic hydroxyl groups is 1. The van der Waals surface area contributed by atoms with E-state index < -0.39 is 0 Å². The first-order chi connectivity index (χ1) is 16.4. The Bertz CT molecular complexity index is 1190. The molecule has 2 heterocycles. The van der Waals surface area contributed by atoms with Gasteiger partial charge in [-0.25, -0.2) is 4.98 Å². The van der Waals surface area contributed by atoms with Crippen molar-refractivity contribution >= 4 is 5.84 Å². The minimum atomic E-state index is -0.298. The summed E-state index contributed by atoms with van der Waals surface area (Å²) in [5.74, 6) is 2.67. The van der Waals surface area contributed by atoms with Crippen molar-refractivity contribution in [3.63, 3.8) is 0 Å². The average molecular weight is 476 g/mol. The Hall–Kier alpha value is -3.28. The summed E-state index contributed by atoms with van der Waals surface area (Å²) in [4.78, 5) is 9.28. The Kier molecular flexibility index (Phi) is 6.67. The molecule has 35 heavy (non-hydrogen) atoms. The SMILES string of the molecule is CC(Oc1ccccc1CC1=NCCN1)c1coc(-c2cc(C(C)(C)C)c(O)c(C(C)(C)C)c2)n1. The Labute approximate surface area is 208 Å². The van der Waals surface area contributed by atoms with Crippen LogP contribution in [0.4, 0.5) is 0 Å². The van der Waals surface area contributed by atoms with Crippen LogP contribution in [0.2, 0.25) is 0 Å². The Morgan fingerprint density at radius 2 is 1.71 bits per heavy atom. The molecule has 6 heteroatoms. The average Bonchev–Trinajstić information content (AvgIpc) is 3.46. The lowest BCUT2D eigenvalue weighted by Gasteiger charge is -2.27. The zero-order valence-electron chi connectivity index (χ0n) is 21.9. The second-order valence-electron chi connectivity index (χ2n) is 11.3. The molecule has 1 unspecified atom stereocenters. The highest BCUT2D eigenvalue weighted by Gasteiger charge is 2.28. The van der Waals surface area contributed by atoms with Crippen LogP contribution in [0.3, 0.4) is 0 Å². The molecule has 4 rings (SSSR count). The summed E-state index contributed by atoms with van der Waals surface area (Å²) < 4.78 is 12.2. The second kappa shape index (κ2) is 9.40. The predicted molar refractivity (Wildman–Crippen MR) is 140 cm³/mol. The fraction of sp³-hybridized carbons (Fsp3) is 0.448. The van der Waals surface area contributed by atoms with Crippen molar-refractivity contribution in [3.05, 3.63) is 65.0 Å². The molecule has 1 aliphatic rings. The molecule has 0 saturated carbocycles. The van der Waals surface area contributed by atoms with Gasteiger partial charge in [-0.05, 0) is 36.0 Å². The summed E-state index contributed by atoms with van der Waals surface area (Å²) in [7, 11) is 0. The van der Waals surface area contributed by atoms with Gasteiger partial charge in [0.05, 0.1) is 6.54 Å². The normalized spacial score (nSPS) is 15.0. The number of rotatable bonds is 6. The number of nitrogens with one attached hydrogen (secondary N) is 1. The van der Waals surface area contributed by atoms with Crippen molar-refractivity contribution in [3.8, 4) is 23.0 Å². The first-order valence-electron chi connectivity index (χ1n) is 12.3. The zero-order chi connectivity index (χ0) is 25.4. The van der Waals surface area contributed by atoms with Crippen LogP contribution in [0, 0.1) is 0 Å². The molecule has 1 aliphatic heterocycles. The fourth-order valence-corrected chi connectivity index (χ4v) is 4.27. The number of para-hydroxylation sites is 1. The van der Waals surface area contributed by atoms with Crippen LogP contribution >= 0.6 is 0 Å². The lowest BCUT2D eigenvalue weighted by molar-refractivity contribution is 0.220. The first kappa shape index (κ1) is 24.8. The third kappa shape index (κ3) is 5.53. The van der Waals surface area contributed by atoms with E-state index in [0.29, 0.717) is 23.8 Å². The van der Waals surface area contributed by atoms with E-state index in [-0.39, 0.29) is 16.9 Å². The smallest absolute Gasteiger partial charge is 0.226 e. The summed E-state index contributed by atoms with van der Waals surface area (Å²) in [6, 6.07) is 12.0. The maximum atomic E-state index is 11.0. The summed E-state index contributed by atoms with van der Waals surface area (Å²) in [6.45, 7) is 16.3. The molecule has 0 spiro atoms. The Morgan fingerprint density at radius 3 is 2.31 bits per heavy atom. The molecule has 0 fully saturated rings. The highest BCUT2D eigenvalue weighted by Crippen LogP contribution is 2.42. The molecule has 0 radical (unpaired) electrons. The lowest BCUT2D eigenvalue weighted by Crippen LogP contribution is -2.21. The van der Waals surface area contributed by atoms with Crippen molar-refractivity contribution in [2.75, 3.05) is 13.1 Å². The molecule has 0 amide bonds. The van der Waals surface area contributed by atoms with Gasteiger partial charge in [-0.15, -0.1) is 0 Å². The van der Waals surface area contributed by atoms with Crippen molar-refractivity contribution in [2.24, 2.45) is 4.99 Å². The van der Waals surface area contributed by atoms with Gasteiger partial charge in [0.15, 0.2) is 0 Å². The van der Waals surface area contributed by atoms with E-state index >= 15 is 0 Å². The van der Waals surface area contributed by atoms with Gasteiger partial charge in [-0.3, -0.25) is 4.99 Å². The van der Waals surface area contributed by atoms with Crippen molar-refractivity contribution < 1.29 is 14.3 Å². The molecule has 1 aromatic heterocycles. The zero-order valence-corrected chi connectivity index (χ0v) is 21.9. The molecule has 3 aromatic rings. The number of benzene rings is 2. The molecule has 0 saturated heterocycles. The largest absolute Gasteiger partial charge is 0.507 e. The van der Waals surface area contributed by atoms with Crippen molar-refractivity contribution in [1.29, 1.82) is 0 Å². The maximum absolute atomic E-state index is 11.0. The van der Waals surface area contributed by atoms with Gasteiger partial charge in [0, 0.05) is 35.2 Å². The molecular formula is C29H37N3O3. The summed E-state index contributed by atoms with van der Waals surface area (Å²) in [6.07, 6.45) is 2.07. The van der Waals surface area contributed by atoms with E-state index in [0.717, 1.165) is 46.9 Å². The number of nitrogens with zero attached hydrogens (tertiary/aromatic N) is 2. The van der Waals surface area contributed by atoms with Gasteiger partial charge >= 0.3 is 0 Å². The third-order valence-corrected chi connectivity index (χ3v) is 6.29. The van der Waals surface area contributed by atoms with Gasteiger partial charge in [-0.2, -0.15) is 0 Å². The molecular weight excluding hydrogens is 438 g/mol. The van der Waals surface area contributed by atoms with E-state index in [2.05, 4.69) is 57.9 Å². The number of oxazole rings is 1. The van der Waals surface area contributed by atoms with E-state index in [1.807, 2.05) is 37.3 Å². The van der Waals surface area contributed by atoms with E-state index in [4.69, 9.17) is 14.1 Å². The van der Waals surface area contributed by atoms with E-state index in [9.17, 15) is 5.11 Å². The van der Waals surface area contributed by atoms with Crippen LogP contribution in [0.5, 0.6) is 11.5 Å². The van der Waals surface area contributed by atoms with Crippen LogP contribution in [0.25, 0.3) is 11.5 Å². The third-order valence-electron chi connectivity index (χ3n) is 6.29. The summed E-state index contributed by atoms with van der Waals surface area (Å²) in [5.41, 5.74) is 3.94. The first-order valence-corrected chi connectivity index (χ1v) is 12.3. The highest BCUT2D eigenvalue weighted by atomic mass is 16.5. The molecule has 0 bridgehead atoms. The molecule has 186 valence electrons. The Balaban J connectivity index is 1.62. The van der Waals surface area contributed by atoms with E-state index in [1.165, 1.54) is 0 Å². The van der Waals surface area contributed by atoms with E-state index in [1.54, 1.807) is 6.26 Å². The number of ether oxygens (including phenoxy) is 1. The number of aliphatic imine (C=N–C) groups is 1. The van der Waals surface area contributed by atoms with Crippen LogP contribution in [-0.2, 0) is 17.3 Å². The monoisotopic (exact) mass is 475 g/mol. The van der Waals surface area contributed by atoms with Gasteiger partial charge in [0.25, 0.3) is 0 Å². The van der Waals surface area contributed by atoms with Gasteiger partial charge in [0.1, 0.15) is 35.4 Å². The Morgan fingerprint density at radius 1 is 1.06 bits per heavy atom. The van der Waals surface area contributed by atoms with Gasteiger partial charge < -0.3 is 19.6 Å². The number of amidine groups is 1.